The van der Waals surface area contributed by atoms with Crippen molar-refractivity contribution in [2.75, 3.05) is 5.73 Å². The maximum atomic E-state index is 13.6. The molecule has 0 saturated heterocycles. The molecule has 0 radical (unpaired) electrons. The zero-order chi connectivity index (χ0) is 15.5. The number of pyridine rings is 1. The second-order valence-corrected chi connectivity index (χ2v) is 4.67. The van der Waals surface area contributed by atoms with Crippen molar-refractivity contribution in [2.45, 2.75) is 13.0 Å². The van der Waals surface area contributed by atoms with E-state index >= 15 is 0 Å². The molecule has 0 amide bonds. The highest BCUT2D eigenvalue weighted by atomic mass is 19.1. The third-order valence-electron chi connectivity index (χ3n) is 3.17. The number of hydrogen-bond donors (Lipinski definition) is 1. The average Bonchev–Trinajstić information content (AvgIpc) is 3.03. The fourth-order valence-electron chi connectivity index (χ4n) is 2.13. The Morgan fingerprint density at radius 1 is 1.18 bits per heavy atom. The summed E-state index contributed by atoms with van der Waals surface area (Å²) in [4.78, 5) is 5.38. The summed E-state index contributed by atoms with van der Waals surface area (Å²) < 4.78 is 19.4. The SMILES string of the molecule is C[C@H](Oc1cccnc1N)c1cc(F)ccc1-n1nccn1. The number of nitrogen functional groups attached to an aromatic ring is 1. The van der Waals surface area contributed by atoms with Gasteiger partial charge in [-0.1, -0.05) is 0 Å². The van der Waals surface area contributed by atoms with Crippen LogP contribution in [0.4, 0.5) is 10.2 Å². The number of rotatable bonds is 4. The Morgan fingerprint density at radius 2 is 1.95 bits per heavy atom. The number of hydrogen-bond acceptors (Lipinski definition) is 5. The average molecular weight is 299 g/mol. The Kier molecular flexibility index (Phi) is 3.69. The van der Waals surface area contributed by atoms with Crippen LogP contribution < -0.4 is 10.5 Å². The van der Waals surface area contributed by atoms with E-state index in [9.17, 15) is 4.39 Å². The zero-order valence-corrected chi connectivity index (χ0v) is 11.8. The van der Waals surface area contributed by atoms with E-state index in [-0.39, 0.29) is 11.6 Å². The van der Waals surface area contributed by atoms with Crippen LogP contribution in [0.2, 0.25) is 0 Å². The van der Waals surface area contributed by atoms with Gasteiger partial charge in [0.1, 0.15) is 11.9 Å². The van der Waals surface area contributed by atoms with E-state index in [4.69, 9.17) is 10.5 Å². The van der Waals surface area contributed by atoms with Crippen molar-refractivity contribution < 1.29 is 9.13 Å². The van der Waals surface area contributed by atoms with Crippen molar-refractivity contribution in [3.63, 3.8) is 0 Å². The van der Waals surface area contributed by atoms with Gasteiger partial charge in [-0.25, -0.2) is 9.37 Å². The lowest BCUT2D eigenvalue weighted by atomic mass is 10.1. The van der Waals surface area contributed by atoms with Gasteiger partial charge in [0.15, 0.2) is 11.6 Å². The van der Waals surface area contributed by atoms with E-state index < -0.39 is 6.10 Å². The summed E-state index contributed by atoms with van der Waals surface area (Å²) >= 11 is 0. The highest BCUT2D eigenvalue weighted by Crippen LogP contribution is 2.28. The summed E-state index contributed by atoms with van der Waals surface area (Å²) in [7, 11) is 0. The molecule has 0 bridgehead atoms. The number of halogens is 1. The second-order valence-electron chi connectivity index (χ2n) is 4.67. The van der Waals surface area contributed by atoms with Crippen LogP contribution in [0.1, 0.15) is 18.6 Å². The molecule has 0 unspecified atom stereocenters. The summed E-state index contributed by atoms with van der Waals surface area (Å²) in [6.45, 7) is 1.80. The number of nitrogens with two attached hydrogens (primary N) is 1. The van der Waals surface area contributed by atoms with Gasteiger partial charge in [0, 0.05) is 11.8 Å². The third kappa shape index (κ3) is 2.73. The Morgan fingerprint density at radius 3 is 2.68 bits per heavy atom. The Hall–Kier alpha value is -2.96. The van der Waals surface area contributed by atoms with Gasteiger partial charge >= 0.3 is 0 Å². The van der Waals surface area contributed by atoms with E-state index in [0.29, 0.717) is 17.0 Å². The van der Waals surface area contributed by atoms with Gasteiger partial charge in [-0.3, -0.25) is 0 Å². The van der Waals surface area contributed by atoms with Crippen LogP contribution in [-0.4, -0.2) is 20.0 Å². The van der Waals surface area contributed by atoms with Crippen molar-refractivity contribution in [3.8, 4) is 11.4 Å². The fraction of sp³-hybridized carbons (Fsp3) is 0.133. The second kappa shape index (κ2) is 5.80. The van der Waals surface area contributed by atoms with Crippen molar-refractivity contribution in [2.24, 2.45) is 0 Å². The smallest absolute Gasteiger partial charge is 0.166 e. The molecule has 22 heavy (non-hydrogen) atoms. The van der Waals surface area contributed by atoms with E-state index in [2.05, 4.69) is 15.2 Å². The molecule has 112 valence electrons. The quantitative estimate of drug-likeness (QED) is 0.801. The maximum absolute atomic E-state index is 13.6. The van der Waals surface area contributed by atoms with E-state index in [0.717, 1.165) is 0 Å². The number of nitrogens with zero attached hydrogens (tertiary/aromatic N) is 4. The molecule has 2 aromatic heterocycles. The van der Waals surface area contributed by atoms with Crippen LogP contribution in [0.3, 0.4) is 0 Å². The van der Waals surface area contributed by atoms with Crippen molar-refractivity contribution in [3.05, 3.63) is 60.3 Å². The minimum Gasteiger partial charge on any atom is -0.482 e. The van der Waals surface area contributed by atoms with Crippen molar-refractivity contribution in [1.82, 2.24) is 20.0 Å². The van der Waals surface area contributed by atoms with Gasteiger partial charge in [0.05, 0.1) is 18.1 Å². The lowest BCUT2D eigenvalue weighted by Gasteiger charge is -2.18. The van der Waals surface area contributed by atoms with Crippen molar-refractivity contribution in [1.29, 1.82) is 0 Å². The lowest BCUT2D eigenvalue weighted by molar-refractivity contribution is 0.226. The molecule has 0 aliphatic heterocycles. The molecule has 7 heteroatoms. The van der Waals surface area contributed by atoms with Gasteiger partial charge in [-0.15, -0.1) is 0 Å². The first-order chi connectivity index (χ1) is 10.6. The molecule has 1 aromatic carbocycles. The molecular formula is C15H14FN5O. The Balaban J connectivity index is 1.97. The first kappa shape index (κ1) is 14.0. The molecule has 0 spiro atoms. The van der Waals surface area contributed by atoms with E-state index in [1.807, 2.05) is 0 Å². The first-order valence-electron chi connectivity index (χ1n) is 6.68. The Bertz CT molecular complexity index is 775. The summed E-state index contributed by atoms with van der Waals surface area (Å²) in [5.41, 5.74) is 7.02. The number of aromatic nitrogens is 4. The molecule has 2 heterocycles. The monoisotopic (exact) mass is 299 g/mol. The molecular weight excluding hydrogens is 285 g/mol. The van der Waals surface area contributed by atoms with Crippen LogP contribution in [0.5, 0.6) is 5.75 Å². The largest absolute Gasteiger partial charge is 0.482 e. The topological polar surface area (TPSA) is 78.9 Å². The zero-order valence-electron chi connectivity index (χ0n) is 11.8. The molecule has 0 fully saturated rings. The molecule has 3 aromatic rings. The predicted molar refractivity (Wildman–Crippen MR) is 79.0 cm³/mol. The van der Waals surface area contributed by atoms with E-state index in [1.54, 1.807) is 43.7 Å². The van der Waals surface area contributed by atoms with Crippen LogP contribution in [0.25, 0.3) is 5.69 Å². The molecule has 6 nitrogen and oxygen atoms in total. The summed E-state index contributed by atoms with van der Waals surface area (Å²) in [6.07, 6.45) is 4.23. The van der Waals surface area contributed by atoms with Gasteiger partial charge < -0.3 is 10.5 Å². The van der Waals surface area contributed by atoms with Gasteiger partial charge in [-0.2, -0.15) is 15.0 Å². The lowest BCUT2D eigenvalue weighted by Crippen LogP contribution is -2.11. The van der Waals surface area contributed by atoms with Gasteiger partial charge in [0.2, 0.25) is 0 Å². The summed E-state index contributed by atoms with van der Waals surface area (Å²) in [6, 6.07) is 7.80. The summed E-state index contributed by atoms with van der Waals surface area (Å²) in [5.74, 6) is 0.365. The molecule has 0 saturated carbocycles. The molecule has 0 aliphatic carbocycles. The van der Waals surface area contributed by atoms with Crippen LogP contribution >= 0.6 is 0 Å². The predicted octanol–water partition coefficient (Wildman–Crippen LogP) is 2.52. The highest BCUT2D eigenvalue weighted by molar-refractivity contribution is 5.46. The molecule has 3 rings (SSSR count). The molecule has 2 N–H and O–H groups in total. The minimum atomic E-state index is -0.455. The van der Waals surface area contributed by atoms with E-state index in [1.165, 1.54) is 16.9 Å². The standard InChI is InChI=1S/C15H14FN5O/c1-10(22-14-3-2-6-18-15(14)17)12-9-11(16)4-5-13(12)21-19-7-8-20-21/h2-10H,1H3,(H2,17,18)/t10-/m0/s1. The van der Waals surface area contributed by atoms with Crippen LogP contribution in [-0.2, 0) is 0 Å². The normalized spacial score (nSPS) is 12.1. The Labute approximate surface area is 126 Å². The van der Waals surface area contributed by atoms with Crippen LogP contribution in [0, 0.1) is 5.82 Å². The number of ether oxygens (including phenoxy) is 1. The van der Waals surface area contributed by atoms with Gasteiger partial charge in [-0.05, 0) is 37.3 Å². The third-order valence-corrected chi connectivity index (χ3v) is 3.17. The highest BCUT2D eigenvalue weighted by Gasteiger charge is 2.17. The molecule has 0 aliphatic rings. The minimum absolute atomic E-state index is 0.282. The number of benzene rings is 1. The van der Waals surface area contributed by atoms with Gasteiger partial charge in [0.25, 0.3) is 0 Å². The fourth-order valence-corrected chi connectivity index (χ4v) is 2.13. The summed E-state index contributed by atoms with van der Waals surface area (Å²) in [5, 5.41) is 8.15. The maximum Gasteiger partial charge on any atom is 0.166 e. The first-order valence-corrected chi connectivity index (χ1v) is 6.68. The van der Waals surface area contributed by atoms with Crippen LogP contribution in [0.15, 0.2) is 48.9 Å². The molecule has 1 atom stereocenters. The number of anilines is 1. The van der Waals surface area contributed by atoms with Crippen molar-refractivity contribution >= 4 is 5.82 Å².